The first-order valence-corrected chi connectivity index (χ1v) is 12.9. The summed E-state index contributed by atoms with van der Waals surface area (Å²) < 4.78 is 5.32. The van der Waals surface area contributed by atoms with E-state index in [2.05, 4.69) is 5.32 Å². The van der Waals surface area contributed by atoms with Crippen LogP contribution in [0.15, 0.2) is 42.5 Å². The maximum Gasteiger partial charge on any atom is 0.243 e. The minimum atomic E-state index is -0.567. The molecule has 0 aromatic heterocycles. The van der Waals surface area contributed by atoms with Gasteiger partial charge in [-0.2, -0.15) is 0 Å². The number of methoxy groups -OCH3 is 1. The summed E-state index contributed by atoms with van der Waals surface area (Å²) in [6.45, 7) is 6.21. The number of hydrogen-bond acceptors (Lipinski definition) is 4. The Balaban J connectivity index is 2.20. The molecule has 0 saturated heterocycles. The summed E-state index contributed by atoms with van der Waals surface area (Å²) in [7, 11) is 1.60. The molecule has 0 radical (unpaired) electrons. The van der Waals surface area contributed by atoms with Gasteiger partial charge in [0.2, 0.25) is 11.8 Å². The Hall–Kier alpha value is -1.89. The van der Waals surface area contributed by atoms with Crippen molar-refractivity contribution >= 4 is 46.8 Å². The van der Waals surface area contributed by atoms with Crippen molar-refractivity contribution in [3.8, 4) is 5.75 Å². The summed E-state index contributed by atoms with van der Waals surface area (Å²) in [6, 6.07) is 12.4. The van der Waals surface area contributed by atoms with Crippen LogP contribution in [0, 0.1) is 0 Å². The number of carbonyl (C=O) groups is 2. The van der Waals surface area contributed by atoms with E-state index < -0.39 is 6.04 Å². The maximum atomic E-state index is 13.4. The molecule has 2 aromatic rings. The second-order valence-electron chi connectivity index (χ2n) is 7.81. The molecular formula is C25H32Cl2N2O3S. The molecule has 2 atom stereocenters. The Morgan fingerprint density at radius 1 is 1.09 bits per heavy atom. The van der Waals surface area contributed by atoms with Crippen molar-refractivity contribution in [2.24, 2.45) is 0 Å². The van der Waals surface area contributed by atoms with Crippen LogP contribution in [0.1, 0.15) is 44.7 Å². The highest BCUT2D eigenvalue weighted by atomic mass is 35.5. The van der Waals surface area contributed by atoms with Crippen LogP contribution in [0.2, 0.25) is 10.0 Å². The molecule has 0 spiro atoms. The van der Waals surface area contributed by atoms with E-state index in [1.165, 1.54) is 11.8 Å². The highest BCUT2D eigenvalue weighted by Crippen LogP contribution is 2.28. The summed E-state index contributed by atoms with van der Waals surface area (Å²) >= 11 is 14.0. The Labute approximate surface area is 211 Å². The van der Waals surface area contributed by atoms with Crippen LogP contribution in [0.3, 0.4) is 0 Å². The first-order chi connectivity index (χ1) is 15.8. The molecule has 0 fully saturated rings. The van der Waals surface area contributed by atoms with E-state index in [0.29, 0.717) is 34.5 Å². The van der Waals surface area contributed by atoms with Crippen LogP contribution in [0.4, 0.5) is 0 Å². The summed E-state index contributed by atoms with van der Waals surface area (Å²) in [5, 5.41) is 4.18. The molecule has 0 bridgehead atoms. The third kappa shape index (κ3) is 8.13. The van der Waals surface area contributed by atoms with Gasteiger partial charge in [-0.3, -0.25) is 9.59 Å². The van der Waals surface area contributed by atoms with Gasteiger partial charge >= 0.3 is 0 Å². The normalized spacial score (nSPS) is 12.7. The Morgan fingerprint density at radius 2 is 1.76 bits per heavy atom. The molecule has 0 heterocycles. The van der Waals surface area contributed by atoms with Crippen molar-refractivity contribution in [3.63, 3.8) is 0 Å². The summed E-state index contributed by atoms with van der Waals surface area (Å²) in [5.74, 6) is 1.17. The monoisotopic (exact) mass is 510 g/mol. The summed E-state index contributed by atoms with van der Waals surface area (Å²) in [5.41, 5.74) is 1.70. The quantitative estimate of drug-likeness (QED) is 0.382. The molecule has 2 amide bonds. The van der Waals surface area contributed by atoms with E-state index in [9.17, 15) is 9.59 Å². The Kier molecular flexibility index (Phi) is 11.4. The van der Waals surface area contributed by atoms with Crippen molar-refractivity contribution in [2.75, 3.05) is 12.9 Å². The van der Waals surface area contributed by atoms with Crippen LogP contribution in [0.5, 0.6) is 5.75 Å². The minimum Gasteiger partial charge on any atom is -0.497 e. The fourth-order valence-corrected chi connectivity index (χ4v) is 4.97. The fourth-order valence-electron chi connectivity index (χ4n) is 3.32. The molecule has 5 nitrogen and oxygen atoms in total. The zero-order valence-electron chi connectivity index (χ0n) is 19.6. The molecule has 0 saturated carbocycles. The van der Waals surface area contributed by atoms with E-state index in [1.54, 1.807) is 30.2 Å². The number of rotatable bonds is 12. The predicted octanol–water partition coefficient (Wildman–Crippen LogP) is 5.96. The van der Waals surface area contributed by atoms with Gasteiger partial charge in [-0.05, 0) is 55.2 Å². The van der Waals surface area contributed by atoms with E-state index >= 15 is 0 Å². The molecule has 180 valence electrons. The van der Waals surface area contributed by atoms with Gasteiger partial charge < -0.3 is 15.0 Å². The average Bonchev–Trinajstić information content (AvgIpc) is 2.80. The first kappa shape index (κ1) is 27.4. The van der Waals surface area contributed by atoms with Gasteiger partial charge in [0.25, 0.3) is 0 Å². The SMILES string of the molecule is CC[C@H](C)NC(=O)[C@H](CC)N(Cc1cccc(OC)c1)C(=O)CSCc1c(Cl)cccc1Cl. The van der Waals surface area contributed by atoms with Gasteiger partial charge in [0.15, 0.2) is 0 Å². The van der Waals surface area contributed by atoms with Gasteiger partial charge in [-0.1, -0.05) is 55.2 Å². The maximum absolute atomic E-state index is 13.4. The molecule has 0 aliphatic carbocycles. The fraction of sp³-hybridized carbons (Fsp3) is 0.440. The zero-order valence-corrected chi connectivity index (χ0v) is 21.9. The number of amides is 2. The third-order valence-corrected chi connectivity index (χ3v) is 7.06. The Morgan fingerprint density at radius 3 is 2.36 bits per heavy atom. The largest absolute Gasteiger partial charge is 0.497 e. The molecule has 2 aromatic carbocycles. The lowest BCUT2D eigenvalue weighted by Gasteiger charge is -2.31. The lowest BCUT2D eigenvalue weighted by atomic mass is 10.1. The number of nitrogens with one attached hydrogen (secondary N) is 1. The average molecular weight is 512 g/mol. The number of halogens is 2. The van der Waals surface area contributed by atoms with Crippen molar-refractivity contribution in [1.29, 1.82) is 0 Å². The molecule has 8 heteroatoms. The second kappa shape index (κ2) is 13.7. The van der Waals surface area contributed by atoms with Gasteiger partial charge in [-0.25, -0.2) is 0 Å². The number of nitrogens with zero attached hydrogens (tertiary/aromatic N) is 1. The van der Waals surface area contributed by atoms with Crippen LogP contribution < -0.4 is 10.1 Å². The van der Waals surface area contributed by atoms with Crippen LogP contribution in [-0.2, 0) is 21.9 Å². The molecule has 2 rings (SSSR count). The smallest absolute Gasteiger partial charge is 0.243 e. The molecule has 33 heavy (non-hydrogen) atoms. The molecule has 1 N–H and O–H groups in total. The Bertz CT molecular complexity index is 921. The molecule has 0 aliphatic heterocycles. The van der Waals surface area contributed by atoms with Crippen molar-refractivity contribution in [3.05, 3.63) is 63.6 Å². The van der Waals surface area contributed by atoms with Gasteiger partial charge in [0.1, 0.15) is 11.8 Å². The number of hydrogen-bond donors (Lipinski definition) is 1. The molecular weight excluding hydrogens is 479 g/mol. The number of carbonyl (C=O) groups excluding carboxylic acids is 2. The van der Waals surface area contributed by atoms with E-state index in [-0.39, 0.29) is 23.6 Å². The number of thioether (sulfide) groups is 1. The van der Waals surface area contributed by atoms with Gasteiger partial charge in [0.05, 0.1) is 12.9 Å². The highest BCUT2D eigenvalue weighted by Gasteiger charge is 2.29. The number of benzene rings is 2. The summed E-state index contributed by atoms with van der Waals surface area (Å²) in [6.07, 6.45) is 1.33. The standard InChI is InChI=1S/C25H32Cl2N2O3S/c1-5-17(3)28-25(31)23(6-2)29(14-18-9-7-10-19(13-18)32-4)24(30)16-33-15-20-21(26)11-8-12-22(20)27/h7-13,17,23H,5-6,14-16H2,1-4H3,(H,28,31)/t17-,23-/m0/s1. The highest BCUT2D eigenvalue weighted by molar-refractivity contribution is 7.99. The van der Waals surface area contributed by atoms with Crippen molar-refractivity contribution < 1.29 is 14.3 Å². The van der Waals surface area contributed by atoms with Crippen molar-refractivity contribution in [2.45, 2.75) is 58.0 Å². The van der Waals surface area contributed by atoms with Crippen LogP contribution >= 0.6 is 35.0 Å². The van der Waals surface area contributed by atoms with Gasteiger partial charge in [-0.15, -0.1) is 11.8 Å². The van der Waals surface area contributed by atoms with Crippen molar-refractivity contribution in [1.82, 2.24) is 10.2 Å². The molecule has 0 unspecified atom stereocenters. The van der Waals surface area contributed by atoms with Crippen LogP contribution in [0.25, 0.3) is 0 Å². The van der Waals surface area contributed by atoms with E-state index in [1.807, 2.05) is 45.0 Å². The minimum absolute atomic E-state index is 0.0389. The summed E-state index contributed by atoms with van der Waals surface area (Å²) in [4.78, 5) is 28.0. The van der Waals surface area contributed by atoms with E-state index in [0.717, 1.165) is 17.5 Å². The zero-order chi connectivity index (χ0) is 24.4. The lowest BCUT2D eigenvalue weighted by molar-refractivity contribution is -0.139. The van der Waals surface area contributed by atoms with Gasteiger partial charge in [0, 0.05) is 28.4 Å². The third-order valence-electron chi connectivity index (χ3n) is 5.41. The number of ether oxygens (including phenoxy) is 1. The van der Waals surface area contributed by atoms with E-state index in [4.69, 9.17) is 27.9 Å². The topological polar surface area (TPSA) is 58.6 Å². The van der Waals surface area contributed by atoms with Crippen LogP contribution in [-0.4, -0.2) is 41.7 Å². The lowest BCUT2D eigenvalue weighted by Crippen LogP contribution is -2.51. The second-order valence-corrected chi connectivity index (χ2v) is 9.61. The molecule has 0 aliphatic rings. The first-order valence-electron chi connectivity index (χ1n) is 11.0. The predicted molar refractivity (Wildman–Crippen MR) is 138 cm³/mol.